The van der Waals surface area contributed by atoms with Gasteiger partial charge in [0.2, 0.25) is 5.91 Å². The van der Waals surface area contributed by atoms with Crippen LogP contribution >= 0.6 is 0 Å². The van der Waals surface area contributed by atoms with Crippen LogP contribution in [-0.4, -0.2) is 50.0 Å². The first-order valence-electron chi connectivity index (χ1n) is 11.8. The first-order chi connectivity index (χ1) is 17.0. The number of nitrogens with zero attached hydrogens (tertiary/aromatic N) is 4. The van der Waals surface area contributed by atoms with Crippen LogP contribution in [0.25, 0.3) is 0 Å². The molecule has 2 aromatic carbocycles. The van der Waals surface area contributed by atoms with Gasteiger partial charge >= 0.3 is 6.09 Å². The van der Waals surface area contributed by atoms with E-state index in [9.17, 15) is 9.59 Å². The Morgan fingerprint density at radius 1 is 0.944 bits per heavy atom. The largest absolute Gasteiger partial charge is 0.444 e. The van der Waals surface area contributed by atoms with Gasteiger partial charge in [0, 0.05) is 0 Å². The molecule has 1 aromatic heterocycles. The highest BCUT2D eigenvalue weighted by molar-refractivity contribution is 5.89. The molecule has 0 radical (unpaired) electrons. The molecule has 1 heterocycles. The van der Waals surface area contributed by atoms with Gasteiger partial charge < -0.3 is 20.1 Å². The molecular formula is C26H34N6O4. The van der Waals surface area contributed by atoms with Crippen molar-refractivity contribution in [1.29, 1.82) is 0 Å². The van der Waals surface area contributed by atoms with E-state index in [0.29, 0.717) is 19.0 Å². The van der Waals surface area contributed by atoms with Gasteiger partial charge in [0.1, 0.15) is 17.2 Å². The SMILES string of the molecule is CC(C)(C)OC(=O)NC(C)(C)C(=O)N[C@H](COCc1ccccc1)c1nnn(Cc2ccccc2)n1. The van der Waals surface area contributed by atoms with Crippen molar-refractivity contribution in [3.8, 4) is 0 Å². The average molecular weight is 495 g/mol. The van der Waals surface area contributed by atoms with Gasteiger partial charge in [-0.3, -0.25) is 4.79 Å². The molecule has 2 amide bonds. The topological polar surface area (TPSA) is 120 Å². The number of hydrogen-bond acceptors (Lipinski definition) is 7. The van der Waals surface area contributed by atoms with E-state index in [2.05, 4.69) is 26.0 Å². The Morgan fingerprint density at radius 2 is 1.56 bits per heavy atom. The van der Waals surface area contributed by atoms with E-state index in [0.717, 1.165) is 11.1 Å². The standard InChI is InChI=1S/C26H34N6O4/c1-25(2,3)36-24(34)28-26(4,5)23(33)27-21(18-35-17-20-14-10-7-11-15-20)22-29-31-32(30-22)16-19-12-8-6-9-13-19/h6-15,21H,16-18H2,1-5H3,(H,27,33)(H,28,34)/t21-/m1/s1. The molecule has 192 valence electrons. The molecule has 0 fully saturated rings. The molecule has 0 aliphatic carbocycles. The van der Waals surface area contributed by atoms with Crippen molar-refractivity contribution in [2.24, 2.45) is 0 Å². The summed E-state index contributed by atoms with van der Waals surface area (Å²) in [4.78, 5) is 26.9. The van der Waals surface area contributed by atoms with Crippen LogP contribution in [0.3, 0.4) is 0 Å². The van der Waals surface area contributed by atoms with Crippen molar-refractivity contribution >= 4 is 12.0 Å². The van der Waals surface area contributed by atoms with E-state index in [1.54, 1.807) is 34.6 Å². The van der Waals surface area contributed by atoms with Gasteiger partial charge in [-0.2, -0.15) is 4.80 Å². The zero-order valence-corrected chi connectivity index (χ0v) is 21.4. The second kappa shape index (κ2) is 11.8. The van der Waals surface area contributed by atoms with Crippen LogP contribution in [-0.2, 0) is 27.4 Å². The second-order valence-corrected chi connectivity index (χ2v) is 9.94. The summed E-state index contributed by atoms with van der Waals surface area (Å²) in [5.41, 5.74) is 0.0614. The van der Waals surface area contributed by atoms with Crippen LogP contribution in [0.2, 0.25) is 0 Å². The maximum Gasteiger partial charge on any atom is 0.408 e. The lowest BCUT2D eigenvalue weighted by molar-refractivity contribution is -0.127. The van der Waals surface area contributed by atoms with E-state index in [4.69, 9.17) is 9.47 Å². The number of carbonyl (C=O) groups excluding carboxylic acids is 2. The molecule has 0 aliphatic rings. The minimum Gasteiger partial charge on any atom is -0.444 e. The smallest absolute Gasteiger partial charge is 0.408 e. The molecule has 10 heteroatoms. The number of nitrogens with one attached hydrogen (secondary N) is 2. The van der Waals surface area contributed by atoms with Crippen LogP contribution in [0.4, 0.5) is 4.79 Å². The first kappa shape index (κ1) is 26.8. The summed E-state index contributed by atoms with van der Waals surface area (Å²) in [5.74, 6) is -0.138. The Bertz CT molecular complexity index is 1130. The van der Waals surface area contributed by atoms with Gasteiger partial charge in [-0.15, -0.1) is 10.2 Å². The lowest BCUT2D eigenvalue weighted by Gasteiger charge is -2.29. The summed E-state index contributed by atoms with van der Waals surface area (Å²) in [7, 11) is 0. The molecule has 0 aliphatic heterocycles. The van der Waals surface area contributed by atoms with Gasteiger partial charge in [0.25, 0.3) is 0 Å². The number of aromatic nitrogens is 4. The molecule has 3 rings (SSSR count). The zero-order valence-electron chi connectivity index (χ0n) is 21.4. The van der Waals surface area contributed by atoms with Crippen LogP contribution in [0.15, 0.2) is 60.7 Å². The third-order valence-electron chi connectivity index (χ3n) is 5.03. The molecule has 2 N–H and O–H groups in total. The van der Waals surface area contributed by atoms with Crippen molar-refractivity contribution < 1.29 is 19.1 Å². The molecular weight excluding hydrogens is 460 g/mol. The molecule has 0 bridgehead atoms. The highest BCUT2D eigenvalue weighted by Crippen LogP contribution is 2.14. The van der Waals surface area contributed by atoms with Crippen molar-refractivity contribution in [3.05, 3.63) is 77.6 Å². The maximum absolute atomic E-state index is 13.2. The number of tetrazole rings is 1. The minimum atomic E-state index is -1.26. The van der Waals surface area contributed by atoms with Gasteiger partial charge in [-0.05, 0) is 51.0 Å². The minimum absolute atomic E-state index is 0.111. The number of amides is 2. The van der Waals surface area contributed by atoms with E-state index < -0.39 is 29.2 Å². The van der Waals surface area contributed by atoms with Crippen molar-refractivity contribution in [1.82, 2.24) is 30.8 Å². The van der Waals surface area contributed by atoms with Crippen molar-refractivity contribution in [2.45, 2.75) is 65.0 Å². The number of carbonyl (C=O) groups is 2. The molecule has 36 heavy (non-hydrogen) atoms. The van der Waals surface area contributed by atoms with Gasteiger partial charge in [0.15, 0.2) is 5.82 Å². The fourth-order valence-electron chi connectivity index (χ4n) is 3.21. The number of alkyl carbamates (subject to hydrolysis) is 1. The average Bonchev–Trinajstić information content (AvgIpc) is 3.26. The number of rotatable bonds is 10. The fourth-order valence-corrected chi connectivity index (χ4v) is 3.21. The predicted octanol–water partition coefficient (Wildman–Crippen LogP) is 3.40. The van der Waals surface area contributed by atoms with Crippen molar-refractivity contribution in [3.63, 3.8) is 0 Å². The highest BCUT2D eigenvalue weighted by Gasteiger charge is 2.34. The molecule has 0 saturated heterocycles. The quantitative estimate of drug-likeness (QED) is 0.443. The zero-order chi connectivity index (χ0) is 26.2. The van der Waals surface area contributed by atoms with Crippen LogP contribution in [0.5, 0.6) is 0 Å². The number of hydrogen-bond donors (Lipinski definition) is 2. The highest BCUT2D eigenvalue weighted by atomic mass is 16.6. The van der Waals surface area contributed by atoms with E-state index >= 15 is 0 Å². The van der Waals surface area contributed by atoms with E-state index in [1.807, 2.05) is 60.7 Å². The second-order valence-electron chi connectivity index (χ2n) is 9.94. The Morgan fingerprint density at radius 3 is 2.17 bits per heavy atom. The third kappa shape index (κ3) is 8.46. The summed E-state index contributed by atoms with van der Waals surface area (Å²) in [6.45, 7) is 9.34. The molecule has 0 spiro atoms. The predicted molar refractivity (Wildman–Crippen MR) is 134 cm³/mol. The lowest BCUT2D eigenvalue weighted by atomic mass is 10.0. The molecule has 0 saturated carbocycles. The molecule has 1 atom stereocenters. The van der Waals surface area contributed by atoms with Crippen LogP contribution in [0.1, 0.15) is 57.6 Å². The van der Waals surface area contributed by atoms with Crippen LogP contribution < -0.4 is 10.6 Å². The molecule has 10 nitrogen and oxygen atoms in total. The first-order valence-corrected chi connectivity index (χ1v) is 11.8. The van der Waals surface area contributed by atoms with Gasteiger partial charge in [-0.25, -0.2) is 4.79 Å². The van der Waals surface area contributed by atoms with Gasteiger partial charge in [-0.1, -0.05) is 60.7 Å². The summed E-state index contributed by atoms with van der Waals surface area (Å²) in [6.07, 6.45) is -0.688. The Balaban J connectivity index is 1.71. The molecule has 0 unspecified atom stereocenters. The Labute approximate surface area is 211 Å². The fraction of sp³-hybridized carbons (Fsp3) is 0.423. The summed E-state index contributed by atoms with van der Waals surface area (Å²) >= 11 is 0. The normalized spacial score (nSPS) is 12.6. The number of ether oxygens (including phenoxy) is 2. The van der Waals surface area contributed by atoms with Crippen molar-refractivity contribution in [2.75, 3.05) is 6.61 Å². The third-order valence-corrected chi connectivity index (χ3v) is 5.03. The lowest BCUT2D eigenvalue weighted by Crippen LogP contribution is -2.56. The summed E-state index contributed by atoms with van der Waals surface area (Å²) < 4.78 is 11.2. The van der Waals surface area contributed by atoms with E-state index in [1.165, 1.54) is 4.80 Å². The Kier molecular flexibility index (Phi) is 8.76. The summed E-state index contributed by atoms with van der Waals surface area (Å²) in [5, 5.41) is 18.3. The maximum atomic E-state index is 13.2. The molecule has 3 aromatic rings. The summed E-state index contributed by atoms with van der Waals surface area (Å²) in [6, 6.07) is 18.8. The van der Waals surface area contributed by atoms with E-state index in [-0.39, 0.29) is 6.61 Å². The van der Waals surface area contributed by atoms with Crippen LogP contribution in [0, 0.1) is 0 Å². The van der Waals surface area contributed by atoms with Gasteiger partial charge in [0.05, 0.1) is 19.8 Å². The Hall–Kier alpha value is -3.79. The monoisotopic (exact) mass is 494 g/mol. The number of benzene rings is 2.